The van der Waals surface area contributed by atoms with Crippen LogP contribution in [-0.2, 0) is 20.0 Å². The maximum absolute atomic E-state index is 12.5. The molecule has 1 heterocycles. The van der Waals surface area contributed by atoms with Gasteiger partial charge in [0.1, 0.15) is 0 Å². The lowest BCUT2D eigenvalue weighted by atomic mass is 9.87. The highest BCUT2D eigenvalue weighted by Gasteiger charge is 2.30. The molecular formula is C17H26N2O3S. The predicted molar refractivity (Wildman–Crippen MR) is 91.0 cm³/mol. The number of primary amides is 1. The zero-order chi connectivity index (χ0) is 17.3. The second-order valence-corrected chi connectivity index (χ2v) is 9.30. The standard InChI is InChI=1S/C17H26N2O3S/c1-17(2,3)13-6-8-14(9-7-13)23(21,22)12-11-19-10-4-5-15(19)16(18)20/h6-9,15H,4-5,10-12H2,1-3H3,(H2,18,20). The molecule has 5 nitrogen and oxygen atoms in total. The molecule has 1 aromatic rings. The number of nitrogens with zero attached hydrogens (tertiary/aromatic N) is 1. The fourth-order valence-corrected chi connectivity index (χ4v) is 4.19. The van der Waals surface area contributed by atoms with E-state index < -0.39 is 9.84 Å². The number of hydrogen-bond acceptors (Lipinski definition) is 4. The number of benzene rings is 1. The van der Waals surface area contributed by atoms with Gasteiger partial charge in [-0.15, -0.1) is 0 Å². The summed E-state index contributed by atoms with van der Waals surface area (Å²) in [6.45, 7) is 7.35. The minimum absolute atomic E-state index is 0.00560. The number of amides is 1. The van der Waals surface area contributed by atoms with E-state index in [2.05, 4.69) is 20.8 Å². The highest BCUT2D eigenvalue weighted by Crippen LogP contribution is 2.24. The van der Waals surface area contributed by atoms with Crippen LogP contribution in [0.5, 0.6) is 0 Å². The summed E-state index contributed by atoms with van der Waals surface area (Å²) in [6.07, 6.45) is 1.60. The summed E-state index contributed by atoms with van der Waals surface area (Å²) in [6, 6.07) is 6.76. The Bertz CT molecular complexity index is 660. The molecule has 0 bridgehead atoms. The van der Waals surface area contributed by atoms with Gasteiger partial charge in [-0.1, -0.05) is 32.9 Å². The van der Waals surface area contributed by atoms with E-state index in [1.54, 1.807) is 12.1 Å². The van der Waals surface area contributed by atoms with Crippen molar-refractivity contribution < 1.29 is 13.2 Å². The molecule has 1 saturated heterocycles. The molecular weight excluding hydrogens is 312 g/mol. The molecule has 1 amide bonds. The number of sulfone groups is 1. The molecule has 0 spiro atoms. The zero-order valence-electron chi connectivity index (χ0n) is 14.1. The van der Waals surface area contributed by atoms with Gasteiger partial charge in [-0.3, -0.25) is 9.69 Å². The Morgan fingerprint density at radius 3 is 2.39 bits per heavy atom. The summed E-state index contributed by atoms with van der Waals surface area (Å²) in [5.41, 5.74) is 6.46. The van der Waals surface area contributed by atoms with Gasteiger partial charge in [0.2, 0.25) is 5.91 Å². The summed E-state index contributed by atoms with van der Waals surface area (Å²) in [5.74, 6) is -0.361. The molecule has 128 valence electrons. The maximum Gasteiger partial charge on any atom is 0.234 e. The summed E-state index contributed by atoms with van der Waals surface area (Å²) >= 11 is 0. The molecule has 0 aliphatic carbocycles. The van der Waals surface area contributed by atoms with Crippen molar-refractivity contribution >= 4 is 15.7 Å². The fraction of sp³-hybridized carbons (Fsp3) is 0.588. The number of carbonyl (C=O) groups is 1. The first-order chi connectivity index (χ1) is 10.6. The van der Waals surface area contributed by atoms with E-state index >= 15 is 0 Å². The summed E-state index contributed by atoms with van der Waals surface area (Å²) < 4.78 is 25.0. The van der Waals surface area contributed by atoms with Crippen LogP contribution in [0.3, 0.4) is 0 Å². The van der Waals surface area contributed by atoms with E-state index in [1.165, 1.54) is 0 Å². The molecule has 0 saturated carbocycles. The van der Waals surface area contributed by atoms with Crippen LogP contribution in [0, 0.1) is 0 Å². The Kier molecular flexibility index (Phi) is 5.16. The van der Waals surface area contributed by atoms with Crippen LogP contribution in [0.1, 0.15) is 39.2 Å². The van der Waals surface area contributed by atoms with Crippen LogP contribution in [0.4, 0.5) is 0 Å². The van der Waals surface area contributed by atoms with Crippen molar-refractivity contribution in [3.63, 3.8) is 0 Å². The Morgan fingerprint density at radius 2 is 1.87 bits per heavy atom. The molecule has 2 rings (SSSR count). The summed E-state index contributed by atoms with van der Waals surface area (Å²) in [4.78, 5) is 13.6. The molecule has 0 aromatic heterocycles. The van der Waals surface area contributed by atoms with Crippen molar-refractivity contribution in [3.8, 4) is 0 Å². The van der Waals surface area contributed by atoms with Crippen molar-refractivity contribution in [2.45, 2.75) is 50.0 Å². The molecule has 6 heteroatoms. The smallest absolute Gasteiger partial charge is 0.234 e. The zero-order valence-corrected chi connectivity index (χ0v) is 14.9. The van der Waals surface area contributed by atoms with Crippen molar-refractivity contribution in [3.05, 3.63) is 29.8 Å². The molecule has 0 radical (unpaired) electrons. The first-order valence-electron chi connectivity index (χ1n) is 7.98. The average molecular weight is 338 g/mol. The average Bonchev–Trinajstić information content (AvgIpc) is 2.93. The maximum atomic E-state index is 12.5. The van der Waals surface area contributed by atoms with Gasteiger partial charge in [0.05, 0.1) is 16.7 Å². The number of nitrogens with two attached hydrogens (primary N) is 1. The molecule has 1 fully saturated rings. The van der Waals surface area contributed by atoms with Crippen LogP contribution in [0.2, 0.25) is 0 Å². The van der Waals surface area contributed by atoms with Crippen LogP contribution in [-0.4, -0.2) is 44.1 Å². The molecule has 1 aromatic carbocycles. The Balaban J connectivity index is 2.06. The van der Waals surface area contributed by atoms with E-state index in [0.29, 0.717) is 11.4 Å². The summed E-state index contributed by atoms with van der Waals surface area (Å²) in [7, 11) is -3.35. The van der Waals surface area contributed by atoms with E-state index in [4.69, 9.17) is 5.73 Å². The Labute approximate surface area is 138 Å². The molecule has 2 N–H and O–H groups in total. The second-order valence-electron chi connectivity index (χ2n) is 7.19. The van der Waals surface area contributed by atoms with Crippen molar-refractivity contribution in [1.82, 2.24) is 4.90 Å². The van der Waals surface area contributed by atoms with E-state index in [1.807, 2.05) is 17.0 Å². The highest BCUT2D eigenvalue weighted by atomic mass is 32.2. The fourth-order valence-electron chi connectivity index (χ4n) is 2.93. The Hall–Kier alpha value is -1.40. The lowest BCUT2D eigenvalue weighted by Crippen LogP contribution is -2.42. The van der Waals surface area contributed by atoms with Gasteiger partial charge < -0.3 is 5.73 Å². The molecule has 23 heavy (non-hydrogen) atoms. The van der Waals surface area contributed by atoms with E-state index in [9.17, 15) is 13.2 Å². The second kappa shape index (κ2) is 6.61. The Morgan fingerprint density at radius 1 is 1.26 bits per heavy atom. The predicted octanol–water partition coefficient (Wildman–Crippen LogP) is 1.71. The lowest BCUT2D eigenvalue weighted by Gasteiger charge is -2.22. The quantitative estimate of drug-likeness (QED) is 0.886. The van der Waals surface area contributed by atoms with Gasteiger partial charge in [-0.05, 0) is 42.5 Å². The molecule has 1 aliphatic heterocycles. The minimum Gasteiger partial charge on any atom is -0.368 e. The van der Waals surface area contributed by atoms with Crippen LogP contribution >= 0.6 is 0 Å². The molecule has 1 atom stereocenters. The van der Waals surface area contributed by atoms with E-state index in [-0.39, 0.29) is 23.1 Å². The number of carbonyl (C=O) groups excluding carboxylic acids is 1. The number of hydrogen-bond donors (Lipinski definition) is 1. The van der Waals surface area contributed by atoms with Gasteiger partial charge in [0.15, 0.2) is 9.84 Å². The van der Waals surface area contributed by atoms with Gasteiger partial charge in [0, 0.05) is 6.54 Å². The molecule has 1 aliphatic rings. The van der Waals surface area contributed by atoms with Crippen molar-refractivity contribution in [1.29, 1.82) is 0 Å². The van der Waals surface area contributed by atoms with Crippen LogP contribution in [0.15, 0.2) is 29.2 Å². The number of likely N-dealkylation sites (tertiary alicyclic amines) is 1. The topological polar surface area (TPSA) is 80.5 Å². The monoisotopic (exact) mass is 338 g/mol. The SMILES string of the molecule is CC(C)(C)c1ccc(S(=O)(=O)CCN2CCCC2C(N)=O)cc1. The third-order valence-corrected chi connectivity index (χ3v) is 6.13. The van der Waals surface area contributed by atoms with Crippen molar-refractivity contribution in [2.24, 2.45) is 5.73 Å². The summed E-state index contributed by atoms with van der Waals surface area (Å²) in [5, 5.41) is 0. The van der Waals surface area contributed by atoms with Gasteiger partial charge in [0.25, 0.3) is 0 Å². The van der Waals surface area contributed by atoms with Crippen LogP contribution in [0.25, 0.3) is 0 Å². The third kappa shape index (κ3) is 4.32. The third-order valence-electron chi connectivity index (χ3n) is 4.42. The first kappa shape index (κ1) is 17.9. The molecule has 1 unspecified atom stereocenters. The van der Waals surface area contributed by atoms with Gasteiger partial charge in [-0.25, -0.2) is 8.42 Å². The van der Waals surface area contributed by atoms with E-state index in [0.717, 1.165) is 24.9 Å². The van der Waals surface area contributed by atoms with Gasteiger partial charge >= 0.3 is 0 Å². The highest BCUT2D eigenvalue weighted by molar-refractivity contribution is 7.91. The lowest BCUT2D eigenvalue weighted by molar-refractivity contribution is -0.122. The largest absolute Gasteiger partial charge is 0.368 e. The first-order valence-corrected chi connectivity index (χ1v) is 9.63. The normalized spacial score (nSPS) is 19.9. The van der Waals surface area contributed by atoms with Crippen LogP contribution < -0.4 is 5.73 Å². The number of rotatable bonds is 5. The van der Waals surface area contributed by atoms with Crippen molar-refractivity contribution in [2.75, 3.05) is 18.8 Å². The minimum atomic E-state index is -3.35. The van der Waals surface area contributed by atoms with Gasteiger partial charge in [-0.2, -0.15) is 0 Å².